The third-order valence-electron chi connectivity index (χ3n) is 2.22. The number of ether oxygens (including phenoxy) is 1. The maximum Gasteiger partial charge on any atom is 0.222 e. The van der Waals surface area contributed by atoms with Crippen LogP contribution < -0.4 is 0 Å². The highest BCUT2D eigenvalue weighted by molar-refractivity contribution is 5.76. The Balaban J connectivity index is 3.92. The van der Waals surface area contributed by atoms with Gasteiger partial charge in [0.15, 0.2) is 0 Å². The number of carbonyl (C=O) groups excluding carboxylic acids is 1. The largest absolute Gasteiger partial charge is 0.395 e. The molecular weight excluding hydrogens is 194 g/mol. The average Bonchev–Trinajstić information content (AvgIpc) is 2.20. The molecule has 0 saturated heterocycles. The first kappa shape index (κ1) is 14.4. The standard InChI is InChI=1S/C11H23NO3/c1-10(2)4-5-11(14)12(6-8-13)7-9-15-3/h10,13H,4-9H2,1-3H3. The van der Waals surface area contributed by atoms with Gasteiger partial charge in [0.25, 0.3) is 0 Å². The quantitative estimate of drug-likeness (QED) is 0.657. The maximum absolute atomic E-state index is 11.7. The number of hydrogen-bond acceptors (Lipinski definition) is 3. The summed E-state index contributed by atoms with van der Waals surface area (Å²) in [6, 6.07) is 0. The van der Waals surface area contributed by atoms with Gasteiger partial charge in [-0.2, -0.15) is 0 Å². The van der Waals surface area contributed by atoms with E-state index in [-0.39, 0.29) is 12.5 Å². The second-order valence-corrected chi connectivity index (χ2v) is 4.03. The molecular formula is C11H23NO3. The van der Waals surface area contributed by atoms with Crippen LogP contribution >= 0.6 is 0 Å². The molecule has 0 radical (unpaired) electrons. The summed E-state index contributed by atoms with van der Waals surface area (Å²) < 4.78 is 4.92. The van der Waals surface area contributed by atoms with Crippen molar-refractivity contribution in [2.24, 2.45) is 5.92 Å². The molecule has 0 aliphatic carbocycles. The van der Waals surface area contributed by atoms with Crippen LogP contribution in [-0.4, -0.2) is 49.3 Å². The Morgan fingerprint density at radius 2 is 2.07 bits per heavy atom. The molecule has 1 N–H and O–H groups in total. The topological polar surface area (TPSA) is 49.8 Å². The Morgan fingerprint density at radius 1 is 1.40 bits per heavy atom. The van der Waals surface area contributed by atoms with Crippen molar-refractivity contribution < 1.29 is 14.6 Å². The number of amides is 1. The molecule has 0 atom stereocenters. The summed E-state index contributed by atoms with van der Waals surface area (Å²) in [6.45, 7) is 5.69. The maximum atomic E-state index is 11.7. The van der Waals surface area contributed by atoms with Crippen molar-refractivity contribution in [1.82, 2.24) is 4.90 Å². The van der Waals surface area contributed by atoms with Crippen LogP contribution in [0.15, 0.2) is 0 Å². The van der Waals surface area contributed by atoms with Crippen LogP contribution in [0.2, 0.25) is 0 Å². The van der Waals surface area contributed by atoms with Gasteiger partial charge in [0.05, 0.1) is 13.2 Å². The van der Waals surface area contributed by atoms with Crippen molar-refractivity contribution in [3.63, 3.8) is 0 Å². The summed E-state index contributed by atoms with van der Waals surface area (Å²) in [5, 5.41) is 8.83. The molecule has 0 fully saturated rings. The predicted octanol–water partition coefficient (Wildman–Crippen LogP) is 0.890. The average molecular weight is 217 g/mol. The van der Waals surface area contributed by atoms with Crippen molar-refractivity contribution in [3.8, 4) is 0 Å². The van der Waals surface area contributed by atoms with Crippen molar-refractivity contribution >= 4 is 5.91 Å². The highest BCUT2D eigenvalue weighted by atomic mass is 16.5. The van der Waals surface area contributed by atoms with E-state index >= 15 is 0 Å². The third-order valence-corrected chi connectivity index (χ3v) is 2.22. The van der Waals surface area contributed by atoms with Gasteiger partial charge < -0.3 is 14.7 Å². The van der Waals surface area contributed by atoms with E-state index < -0.39 is 0 Å². The predicted molar refractivity (Wildman–Crippen MR) is 59.6 cm³/mol. The lowest BCUT2D eigenvalue weighted by Crippen LogP contribution is -2.36. The second-order valence-electron chi connectivity index (χ2n) is 4.03. The van der Waals surface area contributed by atoms with Gasteiger partial charge in [0.2, 0.25) is 5.91 Å². The number of aliphatic hydroxyl groups is 1. The smallest absolute Gasteiger partial charge is 0.222 e. The fourth-order valence-electron chi connectivity index (χ4n) is 1.25. The molecule has 0 aromatic carbocycles. The lowest BCUT2D eigenvalue weighted by Gasteiger charge is -2.21. The van der Waals surface area contributed by atoms with Crippen LogP contribution in [-0.2, 0) is 9.53 Å². The van der Waals surface area contributed by atoms with Crippen LogP contribution in [0, 0.1) is 5.92 Å². The minimum atomic E-state index is 0.0110. The molecule has 0 rings (SSSR count). The Morgan fingerprint density at radius 3 is 2.53 bits per heavy atom. The van der Waals surface area contributed by atoms with Crippen molar-refractivity contribution in [2.75, 3.05) is 33.4 Å². The van der Waals surface area contributed by atoms with Crippen LogP contribution in [0.4, 0.5) is 0 Å². The van der Waals surface area contributed by atoms with E-state index in [9.17, 15) is 4.79 Å². The highest BCUT2D eigenvalue weighted by Gasteiger charge is 2.12. The molecule has 1 amide bonds. The lowest BCUT2D eigenvalue weighted by atomic mass is 10.1. The fourth-order valence-corrected chi connectivity index (χ4v) is 1.25. The summed E-state index contributed by atoms with van der Waals surface area (Å²) in [4.78, 5) is 13.4. The second kappa shape index (κ2) is 8.68. The zero-order valence-corrected chi connectivity index (χ0v) is 10.0. The Labute approximate surface area is 92.2 Å². The minimum Gasteiger partial charge on any atom is -0.395 e. The molecule has 0 heterocycles. The third kappa shape index (κ3) is 7.33. The molecule has 0 saturated carbocycles. The van der Waals surface area contributed by atoms with E-state index in [0.717, 1.165) is 6.42 Å². The zero-order chi connectivity index (χ0) is 11.7. The first-order valence-electron chi connectivity index (χ1n) is 5.49. The van der Waals surface area contributed by atoms with E-state index in [1.54, 1.807) is 12.0 Å². The van der Waals surface area contributed by atoms with E-state index in [1.165, 1.54) is 0 Å². The molecule has 0 aromatic heterocycles. The van der Waals surface area contributed by atoms with E-state index in [1.807, 2.05) is 0 Å². The van der Waals surface area contributed by atoms with Crippen molar-refractivity contribution in [2.45, 2.75) is 26.7 Å². The van der Waals surface area contributed by atoms with Crippen LogP contribution in [0.1, 0.15) is 26.7 Å². The first-order valence-corrected chi connectivity index (χ1v) is 5.49. The Bertz CT molecular complexity index is 171. The van der Waals surface area contributed by atoms with E-state index in [2.05, 4.69) is 13.8 Å². The number of rotatable bonds is 8. The SMILES string of the molecule is COCCN(CCO)C(=O)CCC(C)C. The molecule has 0 spiro atoms. The molecule has 4 nitrogen and oxygen atoms in total. The van der Waals surface area contributed by atoms with Crippen LogP contribution in [0.25, 0.3) is 0 Å². The van der Waals surface area contributed by atoms with Gasteiger partial charge in [0, 0.05) is 26.6 Å². The summed E-state index contributed by atoms with van der Waals surface area (Å²) >= 11 is 0. The number of aliphatic hydroxyl groups excluding tert-OH is 1. The van der Waals surface area contributed by atoms with Gasteiger partial charge in [-0.25, -0.2) is 0 Å². The lowest BCUT2D eigenvalue weighted by molar-refractivity contribution is -0.132. The highest BCUT2D eigenvalue weighted by Crippen LogP contribution is 2.06. The summed E-state index contributed by atoms with van der Waals surface area (Å²) in [5.74, 6) is 0.641. The number of carbonyl (C=O) groups is 1. The van der Waals surface area contributed by atoms with Gasteiger partial charge >= 0.3 is 0 Å². The fraction of sp³-hybridized carbons (Fsp3) is 0.909. The zero-order valence-electron chi connectivity index (χ0n) is 10.0. The Kier molecular flexibility index (Phi) is 8.33. The van der Waals surface area contributed by atoms with Gasteiger partial charge in [0.1, 0.15) is 0 Å². The number of methoxy groups -OCH3 is 1. The van der Waals surface area contributed by atoms with Gasteiger partial charge in [-0.05, 0) is 12.3 Å². The minimum absolute atomic E-state index is 0.0110. The van der Waals surface area contributed by atoms with Crippen molar-refractivity contribution in [3.05, 3.63) is 0 Å². The van der Waals surface area contributed by atoms with Gasteiger partial charge in [-0.15, -0.1) is 0 Å². The first-order chi connectivity index (χ1) is 7.11. The molecule has 0 aromatic rings. The van der Waals surface area contributed by atoms with E-state index in [0.29, 0.717) is 32.0 Å². The van der Waals surface area contributed by atoms with Crippen LogP contribution in [0.3, 0.4) is 0 Å². The molecule has 90 valence electrons. The molecule has 0 bridgehead atoms. The molecule has 4 heteroatoms. The molecule has 0 aliphatic rings. The monoisotopic (exact) mass is 217 g/mol. The van der Waals surface area contributed by atoms with E-state index in [4.69, 9.17) is 9.84 Å². The normalized spacial score (nSPS) is 10.7. The number of nitrogens with zero attached hydrogens (tertiary/aromatic N) is 1. The summed E-state index contributed by atoms with van der Waals surface area (Å²) in [7, 11) is 1.61. The van der Waals surface area contributed by atoms with Gasteiger partial charge in [-0.3, -0.25) is 4.79 Å². The molecule has 15 heavy (non-hydrogen) atoms. The Hall–Kier alpha value is -0.610. The number of hydrogen-bond donors (Lipinski definition) is 1. The summed E-state index contributed by atoms with van der Waals surface area (Å²) in [6.07, 6.45) is 1.45. The van der Waals surface area contributed by atoms with Crippen LogP contribution in [0.5, 0.6) is 0 Å². The summed E-state index contributed by atoms with van der Waals surface area (Å²) in [5.41, 5.74) is 0. The van der Waals surface area contributed by atoms with Crippen molar-refractivity contribution in [1.29, 1.82) is 0 Å². The van der Waals surface area contributed by atoms with Gasteiger partial charge in [-0.1, -0.05) is 13.8 Å². The molecule has 0 aliphatic heterocycles. The molecule has 0 unspecified atom stereocenters.